The predicted molar refractivity (Wildman–Crippen MR) is 125 cm³/mol. The number of para-hydroxylation sites is 1. The molecule has 0 aliphatic heterocycles. The molecule has 0 radical (unpaired) electrons. The van der Waals surface area contributed by atoms with Crippen LogP contribution in [-0.2, 0) is 11.3 Å². The van der Waals surface area contributed by atoms with Gasteiger partial charge >= 0.3 is 0 Å². The minimum atomic E-state index is -0.234. The van der Waals surface area contributed by atoms with Crippen molar-refractivity contribution < 1.29 is 4.79 Å². The molecule has 0 fully saturated rings. The predicted octanol–water partition coefficient (Wildman–Crippen LogP) is 3.34. The van der Waals surface area contributed by atoms with Crippen LogP contribution in [0.4, 0.5) is 5.69 Å². The van der Waals surface area contributed by atoms with Gasteiger partial charge < -0.3 is 10.2 Å². The molecule has 1 aromatic carbocycles. The number of carbonyl (C=O) groups excluding carboxylic acids is 1. The highest BCUT2D eigenvalue weighted by molar-refractivity contribution is 6.02. The Morgan fingerprint density at radius 1 is 1.09 bits per heavy atom. The zero-order valence-corrected chi connectivity index (χ0v) is 18.1. The second-order valence-corrected chi connectivity index (χ2v) is 7.57. The van der Waals surface area contributed by atoms with Gasteiger partial charge in [0.2, 0.25) is 5.91 Å². The van der Waals surface area contributed by atoms with Crippen LogP contribution in [-0.4, -0.2) is 56.0 Å². The fraction of sp³-hybridized carbons (Fsp3) is 0.167. The number of nitrogens with one attached hydrogen (secondary N) is 1. The van der Waals surface area contributed by atoms with Crippen molar-refractivity contribution in [1.29, 1.82) is 0 Å². The van der Waals surface area contributed by atoms with Crippen LogP contribution in [0.5, 0.6) is 0 Å². The van der Waals surface area contributed by atoms with E-state index in [0.717, 1.165) is 35.6 Å². The Bertz CT molecular complexity index is 1190. The number of nitrogens with zero attached hydrogens (tertiary/aromatic N) is 6. The molecular weight excluding hydrogens is 402 g/mol. The first-order chi connectivity index (χ1) is 15.6. The van der Waals surface area contributed by atoms with Crippen LogP contribution in [0.2, 0.25) is 0 Å². The van der Waals surface area contributed by atoms with Crippen LogP contribution < -0.4 is 5.32 Å². The monoisotopic (exact) mass is 427 g/mol. The minimum Gasteiger partial charge on any atom is -0.320 e. The number of hydrogen-bond donors (Lipinski definition) is 1. The van der Waals surface area contributed by atoms with E-state index in [-0.39, 0.29) is 5.91 Å². The highest BCUT2D eigenvalue weighted by Gasteiger charge is 2.11. The van der Waals surface area contributed by atoms with Crippen LogP contribution in [0.15, 0.2) is 79.5 Å². The van der Waals surface area contributed by atoms with Crippen molar-refractivity contribution in [3.8, 4) is 16.9 Å². The smallest absolute Gasteiger partial charge is 0.248 e. The summed E-state index contributed by atoms with van der Waals surface area (Å²) in [6, 6.07) is 13.7. The van der Waals surface area contributed by atoms with Gasteiger partial charge in [0.05, 0.1) is 24.1 Å². The van der Waals surface area contributed by atoms with Crippen molar-refractivity contribution in [3.63, 3.8) is 0 Å². The van der Waals surface area contributed by atoms with Crippen LogP contribution in [0, 0.1) is 0 Å². The van der Waals surface area contributed by atoms with Gasteiger partial charge in [0.15, 0.2) is 0 Å². The third-order valence-electron chi connectivity index (χ3n) is 4.79. The zero-order chi connectivity index (χ0) is 22.3. The highest BCUT2D eigenvalue weighted by Crippen LogP contribution is 2.24. The maximum absolute atomic E-state index is 12.5. The van der Waals surface area contributed by atoms with Crippen LogP contribution in [0.3, 0.4) is 0 Å². The second-order valence-electron chi connectivity index (χ2n) is 7.57. The van der Waals surface area contributed by atoms with E-state index < -0.39 is 0 Å². The maximum Gasteiger partial charge on any atom is 0.248 e. The Kier molecular flexibility index (Phi) is 6.52. The lowest BCUT2D eigenvalue weighted by atomic mass is 10.1. The summed E-state index contributed by atoms with van der Waals surface area (Å²) in [7, 11) is 4.02. The molecule has 8 heteroatoms. The van der Waals surface area contributed by atoms with Gasteiger partial charge in [0.1, 0.15) is 5.69 Å². The van der Waals surface area contributed by atoms with E-state index in [4.69, 9.17) is 5.10 Å². The number of likely N-dealkylation sites (N-methyl/N-ethyl adjacent to an activating group) is 1. The molecule has 0 bridgehead atoms. The minimum absolute atomic E-state index is 0.234. The summed E-state index contributed by atoms with van der Waals surface area (Å²) >= 11 is 0. The molecule has 162 valence electrons. The van der Waals surface area contributed by atoms with Crippen molar-refractivity contribution in [3.05, 3.63) is 85.1 Å². The lowest BCUT2D eigenvalue weighted by Crippen LogP contribution is -2.18. The fourth-order valence-corrected chi connectivity index (χ4v) is 3.15. The lowest BCUT2D eigenvalue weighted by molar-refractivity contribution is -0.111. The molecule has 4 rings (SSSR count). The van der Waals surface area contributed by atoms with E-state index in [1.54, 1.807) is 29.3 Å². The molecule has 3 aromatic heterocycles. The molecule has 1 amide bonds. The largest absolute Gasteiger partial charge is 0.320 e. The Hall–Kier alpha value is -4.04. The molecule has 1 N–H and O–H groups in total. The summed E-state index contributed by atoms with van der Waals surface area (Å²) in [6.07, 6.45) is 12.1. The van der Waals surface area contributed by atoms with Gasteiger partial charge in [0, 0.05) is 48.5 Å². The van der Waals surface area contributed by atoms with Crippen molar-refractivity contribution in [2.75, 3.05) is 26.0 Å². The van der Waals surface area contributed by atoms with Gasteiger partial charge in [0.25, 0.3) is 0 Å². The van der Waals surface area contributed by atoms with Crippen molar-refractivity contribution in [1.82, 2.24) is 29.4 Å². The number of anilines is 1. The number of aromatic nitrogens is 5. The number of benzene rings is 1. The van der Waals surface area contributed by atoms with Gasteiger partial charge in [-0.05, 0) is 44.4 Å². The Balaban J connectivity index is 1.52. The Labute approximate surface area is 186 Å². The molecule has 3 heterocycles. The number of carbonyl (C=O) groups is 1. The van der Waals surface area contributed by atoms with Gasteiger partial charge in [-0.1, -0.05) is 18.2 Å². The molecule has 4 aromatic rings. The highest BCUT2D eigenvalue weighted by atomic mass is 16.1. The van der Waals surface area contributed by atoms with Crippen LogP contribution in [0.25, 0.3) is 23.0 Å². The normalized spacial score (nSPS) is 11.3. The van der Waals surface area contributed by atoms with Crippen molar-refractivity contribution in [2.45, 2.75) is 6.54 Å². The lowest BCUT2D eigenvalue weighted by Gasteiger charge is -2.08. The van der Waals surface area contributed by atoms with E-state index in [1.165, 1.54) is 6.08 Å². The first-order valence-corrected chi connectivity index (χ1v) is 10.3. The quantitative estimate of drug-likeness (QED) is 0.436. The first kappa shape index (κ1) is 21.2. The molecule has 32 heavy (non-hydrogen) atoms. The Morgan fingerprint density at radius 2 is 1.94 bits per heavy atom. The molecule has 0 spiro atoms. The van der Waals surface area contributed by atoms with Crippen LogP contribution >= 0.6 is 0 Å². The summed E-state index contributed by atoms with van der Waals surface area (Å²) in [5.41, 5.74) is 4.04. The fourth-order valence-electron chi connectivity index (χ4n) is 3.15. The molecule has 8 nitrogen and oxygen atoms in total. The molecule has 0 saturated heterocycles. The second kappa shape index (κ2) is 9.84. The number of hydrogen-bond acceptors (Lipinski definition) is 5. The van der Waals surface area contributed by atoms with E-state index in [1.807, 2.05) is 73.6 Å². The topological polar surface area (TPSA) is 80.9 Å². The average molecular weight is 428 g/mol. The summed E-state index contributed by atoms with van der Waals surface area (Å²) < 4.78 is 3.61. The third-order valence-corrected chi connectivity index (χ3v) is 4.79. The van der Waals surface area contributed by atoms with Gasteiger partial charge in [-0.15, -0.1) is 0 Å². The molecule has 0 atom stereocenters. The first-order valence-electron chi connectivity index (χ1n) is 10.3. The van der Waals surface area contributed by atoms with E-state index in [2.05, 4.69) is 20.3 Å². The zero-order valence-electron chi connectivity index (χ0n) is 18.1. The average Bonchev–Trinajstić information content (AvgIpc) is 3.44. The van der Waals surface area contributed by atoms with E-state index in [9.17, 15) is 4.79 Å². The summed E-state index contributed by atoms with van der Waals surface area (Å²) in [4.78, 5) is 18.8. The standard InChI is InChI=1S/C24H25N7O/c1-29(2)13-14-30-18-21(16-26-30)27-23(32)11-10-20-17-31(22-8-4-3-5-9-22)28-24(20)19-7-6-12-25-15-19/h3-12,15-18H,13-14H2,1-2H3,(H,27,32). The van der Waals surface area contributed by atoms with E-state index >= 15 is 0 Å². The molecular formula is C24H25N7O. The molecule has 0 unspecified atom stereocenters. The van der Waals surface area contributed by atoms with E-state index in [0.29, 0.717) is 5.69 Å². The third kappa shape index (κ3) is 5.35. The molecule has 0 aliphatic rings. The molecule has 0 saturated carbocycles. The van der Waals surface area contributed by atoms with Crippen molar-refractivity contribution in [2.24, 2.45) is 0 Å². The Morgan fingerprint density at radius 3 is 2.69 bits per heavy atom. The number of amides is 1. The summed E-state index contributed by atoms with van der Waals surface area (Å²) in [6.45, 7) is 1.63. The summed E-state index contributed by atoms with van der Waals surface area (Å²) in [5, 5.41) is 11.9. The maximum atomic E-state index is 12.5. The SMILES string of the molecule is CN(C)CCn1cc(NC(=O)C=Cc2cn(-c3ccccc3)nc2-c2cccnc2)cn1. The van der Waals surface area contributed by atoms with Gasteiger partial charge in [-0.2, -0.15) is 10.2 Å². The van der Waals surface area contributed by atoms with Gasteiger partial charge in [-0.3, -0.25) is 14.5 Å². The van der Waals surface area contributed by atoms with Gasteiger partial charge in [-0.25, -0.2) is 4.68 Å². The van der Waals surface area contributed by atoms with Crippen LogP contribution in [0.1, 0.15) is 5.56 Å². The van der Waals surface area contributed by atoms with Crippen molar-refractivity contribution >= 4 is 17.7 Å². The summed E-state index contributed by atoms with van der Waals surface area (Å²) in [5.74, 6) is -0.234. The molecule has 0 aliphatic carbocycles. The number of pyridine rings is 1. The number of rotatable bonds is 8.